The number of hydrogen-bond acceptors (Lipinski definition) is 6. The van der Waals surface area contributed by atoms with Gasteiger partial charge in [-0.25, -0.2) is 0 Å². The quantitative estimate of drug-likeness (QED) is 0.537. The summed E-state index contributed by atoms with van der Waals surface area (Å²) in [5.74, 6) is 0. The van der Waals surface area contributed by atoms with Gasteiger partial charge in [-0.3, -0.25) is 9.78 Å². The van der Waals surface area contributed by atoms with Gasteiger partial charge in [-0.1, -0.05) is 0 Å². The van der Waals surface area contributed by atoms with E-state index in [1.807, 2.05) is 0 Å². The maximum absolute atomic E-state index is 10.5. The van der Waals surface area contributed by atoms with E-state index in [1.165, 1.54) is 12.3 Å². The minimum absolute atomic E-state index is 0.135. The largest absolute Gasteiger partial charge is 0.424 e. The molecule has 5 N–H and O–H groups in total. The van der Waals surface area contributed by atoms with Gasteiger partial charge >= 0.3 is 0 Å². The number of nitrogens with one attached hydrogen (secondary N) is 1. The highest BCUT2D eigenvalue weighted by Crippen LogP contribution is 2.13. The third-order valence-electron chi connectivity index (χ3n) is 2.06. The summed E-state index contributed by atoms with van der Waals surface area (Å²) in [6.45, 7) is 0. The number of anilines is 2. The van der Waals surface area contributed by atoms with Gasteiger partial charge in [-0.05, 0) is 0 Å². The number of fused-ring (bicyclic) bond motifs is 1. The fraction of sp³-hybridized carbons (Fsp3) is 0. The maximum Gasteiger partial charge on any atom is 0.293 e. The van der Waals surface area contributed by atoms with Crippen molar-refractivity contribution in [3.63, 3.8) is 0 Å². The van der Waals surface area contributed by atoms with Gasteiger partial charge in [-0.2, -0.15) is 4.98 Å². The summed E-state index contributed by atoms with van der Waals surface area (Å²) in [4.78, 5) is 20.9. The second-order valence-electron chi connectivity index (χ2n) is 3.36. The van der Waals surface area contributed by atoms with Gasteiger partial charge in [0.15, 0.2) is 5.58 Å². The summed E-state index contributed by atoms with van der Waals surface area (Å²) < 4.78 is 4.99. The van der Waals surface area contributed by atoms with Gasteiger partial charge in [0.05, 0.1) is 11.9 Å². The van der Waals surface area contributed by atoms with E-state index in [4.69, 9.17) is 15.9 Å². The van der Waals surface area contributed by atoms with Crippen molar-refractivity contribution in [3.8, 4) is 0 Å². The molecule has 92 valence electrons. The minimum Gasteiger partial charge on any atom is -0.424 e. The Morgan fingerprint density at radius 3 is 2.72 bits per heavy atom. The van der Waals surface area contributed by atoms with Crippen LogP contribution >= 0.6 is 0 Å². The number of pyridine rings is 2. The number of aromatic nitrogens is 3. The molecule has 0 saturated heterocycles. The predicted molar refractivity (Wildman–Crippen MR) is 67.7 cm³/mol. The standard InChI is InChI=1S/C6H5N3O.C5H6N2O/c7-6-9-4-3-8-2-1-5(4)10-6;6-4-3-7-2-1-5(4)8/h1-3H,(H2,7,9);1-3H,6H2,(H,7,8). The van der Waals surface area contributed by atoms with E-state index in [2.05, 4.69) is 15.0 Å². The molecule has 0 spiro atoms. The first-order valence-corrected chi connectivity index (χ1v) is 5.05. The topological polar surface area (TPSA) is 124 Å². The lowest BCUT2D eigenvalue weighted by atomic mass is 10.4. The van der Waals surface area contributed by atoms with Gasteiger partial charge in [0.1, 0.15) is 5.52 Å². The van der Waals surface area contributed by atoms with E-state index in [-0.39, 0.29) is 17.1 Å². The van der Waals surface area contributed by atoms with Crippen molar-refractivity contribution in [2.45, 2.75) is 0 Å². The molecule has 3 heterocycles. The molecule has 18 heavy (non-hydrogen) atoms. The van der Waals surface area contributed by atoms with E-state index in [1.54, 1.807) is 24.7 Å². The summed E-state index contributed by atoms with van der Waals surface area (Å²) in [7, 11) is 0. The number of rotatable bonds is 0. The molecule has 0 saturated carbocycles. The Kier molecular flexibility index (Phi) is 3.24. The molecular formula is C11H11N5O2. The summed E-state index contributed by atoms with van der Waals surface area (Å²) in [5.41, 5.74) is 12.0. The first-order valence-electron chi connectivity index (χ1n) is 5.05. The Hall–Kier alpha value is -2.83. The molecule has 0 aliphatic carbocycles. The first-order chi connectivity index (χ1) is 8.66. The van der Waals surface area contributed by atoms with Gasteiger partial charge in [0.2, 0.25) is 5.43 Å². The third kappa shape index (κ3) is 2.64. The van der Waals surface area contributed by atoms with Gasteiger partial charge in [0.25, 0.3) is 6.01 Å². The highest BCUT2D eigenvalue weighted by molar-refractivity contribution is 5.72. The number of oxazole rings is 1. The van der Waals surface area contributed by atoms with E-state index in [0.717, 1.165) is 0 Å². The molecule has 0 fully saturated rings. The molecule has 3 aromatic heterocycles. The molecule has 0 aromatic carbocycles. The molecule has 0 amide bonds. The van der Waals surface area contributed by atoms with Crippen LogP contribution in [-0.2, 0) is 0 Å². The number of H-pyrrole nitrogens is 1. The van der Waals surface area contributed by atoms with Crippen molar-refractivity contribution in [3.05, 3.63) is 47.1 Å². The molecule has 0 atom stereocenters. The van der Waals surface area contributed by atoms with Crippen molar-refractivity contribution >= 4 is 22.8 Å². The minimum atomic E-state index is -0.135. The van der Waals surface area contributed by atoms with Gasteiger partial charge in [-0.15, -0.1) is 0 Å². The molecule has 0 bridgehead atoms. The zero-order valence-electron chi connectivity index (χ0n) is 9.33. The van der Waals surface area contributed by atoms with Crippen LogP contribution in [0.4, 0.5) is 11.7 Å². The Balaban J connectivity index is 0.000000138. The Morgan fingerprint density at radius 2 is 2.11 bits per heavy atom. The van der Waals surface area contributed by atoms with E-state index in [0.29, 0.717) is 11.1 Å². The Morgan fingerprint density at radius 1 is 1.28 bits per heavy atom. The van der Waals surface area contributed by atoms with Crippen molar-refractivity contribution in [2.75, 3.05) is 11.5 Å². The number of nitrogens with zero attached hydrogens (tertiary/aromatic N) is 2. The summed E-state index contributed by atoms with van der Waals surface area (Å²) in [6.07, 6.45) is 6.24. The molecule has 7 heteroatoms. The average Bonchev–Trinajstić information content (AvgIpc) is 2.74. The Bertz CT molecular complexity index is 670. The molecule has 3 rings (SSSR count). The fourth-order valence-corrected chi connectivity index (χ4v) is 1.23. The summed E-state index contributed by atoms with van der Waals surface area (Å²) in [5, 5.41) is 0. The SMILES string of the molecule is Nc1c[nH]ccc1=O.Nc1nc2cnccc2o1. The molecule has 3 aromatic rings. The van der Waals surface area contributed by atoms with Crippen LogP contribution in [0.25, 0.3) is 11.1 Å². The van der Waals surface area contributed by atoms with Crippen molar-refractivity contribution in [1.82, 2.24) is 15.0 Å². The maximum atomic E-state index is 10.5. The van der Waals surface area contributed by atoms with Crippen LogP contribution < -0.4 is 16.9 Å². The molecule has 0 radical (unpaired) electrons. The zero-order chi connectivity index (χ0) is 13.0. The van der Waals surface area contributed by atoms with Crippen molar-refractivity contribution in [2.24, 2.45) is 0 Å². The lowest BCUT2D eigenvalue weighted by Gasteiger charge is -1.84. The molecule has 0 aliphatic heterocycles. The first kappa shape index (κ1) is 11.6. The fourth-order valence-electron chi connectivity index (χ4n) is 1.23. The van der Waals surface area contributed by atoms with Crippen LogP contribution in [0.3, 0.4) is 0 Å². The van der Waals surface area contributed by atoms with E-state index < -0.39 is 0 Å². The van der Waals surface area contributed by atoms with Crippen LogP contribution in [0, 0.1) is 0 Å². The second kappa shape index (κ2) is 5.00. The normalized spacial score (nSPS) is 9.78. The van der Waals surface area contributed by atoms with E-state index in [9.17, 15) is 4.79 Å². The summed E-state index contributed by atoms with van der Waals surface area (Å²) >= 11 is 0. The van der Waals surface area contributed by atoms with Crippen molar-refractivity contribution in [1.29, 1.82) is 0 Å². The zero-order valence-corrected chi connectivity index (χ0v) is 9.33. The van der Waals surface area contributed by atoms with Crippen LogP contribution in [0.2, 0.25) is 0 Å². The number of nitrogen functional groups attached to an aromatic ring is 2. The van der Waals surface area contributed by atoms with Crippen LogP contribution in [0.15, 0.2) is 46.1 Å². The van der Waals surface area contributed by atoms with Crippen molar-refractivity contribution < 1.29 is 4.42 Å². The molecule has 7 nitrogen and oxygen atoms in total. The lowest BCUT2D eigenvalue weighted by molar-refractivity contribution is 0.626. The van der Waals surface area contributed by atoms with Crippen LogP contribution in [-0.4, -0.2) is 15.0 Å². The number of nitrogens with two attached hydrogens (primary N) is 2. The van der Waals surface area contributed by atoms with Crippen LogP contribution in [0.5, 0.6) is 0 Å². The highest BCUT2D eigenvalue weighted by atomic mass is 16.4. The average molecular weight is 245 g/mol. The Labute approximate surface area is 101 Å². The smallest absolute Gasteiger partial charge is 0.293 e. The predicted octanol–water partition coefficient (Wildman–Crippen LogP) is 0.762. The van der Waals surface area contributed by atoms with Gasteiger partial charge in [0, 0.05) is 30.7 Å². The third-order valence-corrected chi connectivity index (χ3v) is 2.06. The molecule has 0 aliphatic rings. The van der Waals surface area contributed by atoms with Gasteiger partial charge < -0.3 is 20.9 Å². The number of aromatic amines is 1. The second-order valence-corrected chi connectivity index (χ2v) is 3.36. The molecular weight excluding hydrogens is 234 g/mol. The lowest BCUT2D eigenvalue weighted by Crippen LogP contribution is -2.05. The highest BCUT2D eigenvalue weighted by Gasteiger charge is 1.98. The monoisotopic (exact) mass is 245 g/mol. The molecule has 0 unspecified atom stereocenters. The van der Waals surface area contributed by atoms with E-state index >= 15 is 0 Å². The number of hydrogen-bond donors (Lipinski definition) is 3. The summed E-state index contributed by atoms with van der Waals surface area (Å²) in [6, 6.07) is 3.29. The van der Waals surface area contributed by atoms with Crippen LogP contribution in [0.1, 0.15) is 0 Å².